The second kappa shape index (κ2) is 6.94. The van der Waals surface area contributed by atoms with Gasteiger partial charge in [0.2, 0.25) is 0 Å². The molecule has 0 aromatic heterocycles. The van der Waals surface area contributed by atoms with Crippen molar-refractivity contribution in [3.8, 4) is 5.75 Å². The van der Waals surface area contributed by atoms with E-state index in [-0.39, 0.29) is 18.3 Å². The van der Waals surface area contributed by atoms with Crippen LogP contribution in [0.25, 0.3) is 0 Å². The Bertz CT molecular complexity index is 435. The Balaban J connectivity index is 2.98. The SMILES string of the molecule is COc1cc(NC(CCO)C(C)C)cc([N+](=O)[O-])c1. The number of methoxy groups -OCH3 is 1. The standard InChI is InChI=1S/C13H20N2O4/c1-9(2)13(4-5-16)14-10-6-11(15(17)18)8-12(7-10)19-3/h6-9,13-14,16H,4-5H2,1-3H3. The molecule has 6 nitrogen and oxygen atoms in total. The van der Waals surface area contributed by atoms with Gasteiger partial charge in [0.25, 0.3) is 5.69 Å². The van der Waals surface area contributed by atoms with Crippen molar-refractivity contribution in [3.63, 3.8) is 0 Å². The highest BCUT2D eigenvalue weighted by Gasteiger charge is 2.15. The summed E-state index contributed by atoms with van der Waals surface area (Å²) in [5.74, 6) is 0.737. The third-order valence-corrected chi connectivity index (χ3v) is 2.93. The predicted octanol–water partition coefficient (Wildman–Crippen LogP) is 2.42. The van der Waals surface area contributed by atoms with Gasteiger partial charge in [-0.05, 0) is 12.3 Å². The Labute approximate surface area is 112 Å². The zero-order chi connectivity index (χ0) is 14.4. The van der Waals surface area contributed by atoms with Crippen molar-refractivity contribution in [3.05, 3.63) is 28.3 Å². The summed E-state index contributed by atoms with van der Waals surface area (Å²) >= 11 is 0. The van der Waals surface area contributed by atoms with E-state index in [9.17, 15) is 10.1 Å². The smallest absolute Gasteiger partial charge is 0.275 e. The fourth-order valence-corrected chi connectivity index (χ4v) is 1.82. The molecule has 0 saturated heterocycles. The normalized spacial score (nSPS) is 12.3. The molecule has 1 rings (SSSR count). The van der Waals surface area contributed by atoms with Crippen molar-refractivity contribution in [2.24, 2.45) is 5.92 Å². The number of nitro groups is 1. The fraction of sp³-hybridized carbons (Fsp3) is 0.538. The van der Waals surface area contributed by atoms with Gasteiger partial charge in [0.1, 0.15) is 5.75 Å². The van der Waals surface area contributed by atoms with Gasteiger partial charge in [0.15, 0.2) is 0 Å². The molecular formula is C13H20N2O4. The van der Waals surface area contributed by atoms with E-state index in [1.165, 1.54) is 19.2 Å². The van der Waals surface area contributed by atoms with Crippen LogP contribution in [0, 0.1) is 16.0 Å². The fourth-order valence-electron chi connectivity index (χ4n) is 1.82. The van der Waals surface area contributed by atoms with Crippen LogP contribution in [0.2, 0.25) is 0 Å². The lowest BCUT2D eigenvalue weighted by Gasteiger charge is -2.22. The summed E-state index contributed by atoms with van der Waals surface area (Å²) in [5.41, 5.74) is 0.603. The number of aliphatic hydroxyl groups is 1. The number of non-ortho nitro benzene ring substituents is 1. The van der Waals surface area contributed by atoms with Gasteiger partial charge in [-0.15, -0.1) is 0 Å². The number of anilines is 1. The van der Waals surface area contributed by atoms with Crippen LogP contribution in [0.1, 0.15) is 20.3 Å². The highest BCUT2D eigenvalue weighted by Crippen LogP contribution is 2.27. The summed E-state index contributed by atoms with van der Waals surface area (Å²) in [6.45, 7) is 4.13. The molecule has 1 aromatic rings. The van der Waals surface area contributed by atoms with E-state index < -0.39 is 4.92 Å². The third-order valence-electron chi connectivity index (χ3n) is 2.93. The van der Waals surface area contributed by atoms with Gasteiger partial charge < -0.3 is 15.2 Å². The molecular weight excluding hydrogens is 248 g/mol. The maximum Gasteiger partial charge on any atom is 0.275 e. The minimum absolute atomic E-state index is 0.0200. The second-order valence-corrected chi connectivity index (χ2v) is 4.68. The van der Waals surface area contributed by atoms with E-state index in [1.54, 1.807) is 6.07 Å². The molecule has 1 aromatic carbocycles. The van der Waals surface area contributed by atoms with Crippen LogP contribution in [0.4, 0.5) is 11.4 Å². The first-order chi connectivity index (χ1) is 8.97. The van der Waals surface area contributed by atoms with Crippen molar-refractivity contribution in [2.75, 3.05) is 19.0 Å². The maximum absolute atomic E-state index is 10.8. The Morgan fingerprint density at radius 3 is 2.58 bits per heavy atom. The van der Waals surface area contributed by atoms with Crippen molar-refractivity contribution >= 4 is 11.4 Å². The van der Waals surface area contributed by atoms with E-state index >= 15 is 0 Å². The Kier molecular flexibility index (Phi) is 5.57. The maximum atomic E-state index is 10.8. The van der Waals surface area contributed by atoms with Crippen LogP contribution in [0.5, 0.6) is 5.75 Å². The van der Waals surface area contributed by atoms with Crippen molar-refractivity contribution < 1.29 is 14.8 Å². The predicted molar refractivity (Wildman–Crippen MR) is 73.6 cm³/mol. The van der Waals surface area contributed by atoms with Crippen LogP contribution in [-0.4, -0.2) is 29.8 Å². The van der Waals surface area contributed by atoms with Crippen LogP contribution in [0.15, 0.2) is 18.2 Å². The molecule has 106 valence electrons. The minimum Gasteiger partial charge on any atom is -0.496 e. The van der Waals surface area contributed by atoms with Gasteiger partial charge in [-0.25, -0.2) is 0 Å². The molecule has 0 aliphatic heterocycles. The molecule has 0 fully saturated rings. The first kappa shape index (κ1) is 15.2. The molecule has 0 radical (unpaired) electrons. The van der Waals surface area contributed by atoms with Gasteiger partial charge in [-0.1, -0.05) is 13.8 Å². The average molecular weight is 268 g/mol. The number of nitrogens with one attached hydrogen (secondary N) is 1. The molecule has 0 amide bonds. The van der Waals surface area contributed by atoms with E-state index in [2.05, 4.69) is 5.32 Å². The number of rotatable bonds is 7. The summed E-state index contributed by atoms with van der Waals surface area (Å²) < 4.78 is 5.05. The molecule has 1 atom stereocenters. The molecule has 19 heavy (non-hydrogen) atoms. The van der Waals surface area contributed by atoms with Crippen molar-refractivity contribution in [1.82, 2.24) is 0 Å². The van der Waals surface area contributed by atoms with E-state index in [1.807, 2.05) is 13.8 Å². The number of nitrogens with zero attached hydrogens (tertiary/aromatic N) is 1. The molecule has 0 aliphatic carbocycles. The summed E-state index contributed by atoms with van der Waals surface area (Å²) in [7, 11) is 1.47. The summed E-state index contributed by atoms with van der Waals surface area (Å²) in [6, 6.07) is 4.60. The van der Waals surface area contributed by atoms with E-state index in [0.717, 1.165) is 0 Å². The van der Waals surface area contributed by atoms with Crippen LogP contribution >= 0.6 is 0 Å². The number of nitro benzene ring substituents is 1. The summed E-state index contributed by atoms with van der Waals surface area (Å²) in [5, 5.41) is 23.1. The highest BCUT2D eigenvalue weighted by molar-refractivity contribution is 5.56. The van der Waals surface area contributed by atoms with Crippen molar-refractivity contribution in [2.45, 2.75) is 26.3 Å². The Morgan fingerprint density at radius 2 is 2.11 bits per heavy atom. The number of benzene rings is 1. The topological polar surface area (TPSA) is 84.6 Å². The molecule has 0 spiro atoms. The second-order valence-electron chi connectivity index (χ2n) is 4.68. The van der Waals surface area contributed by atoms with Crippen LogP contribution in [0.3, 0.4) is 0 Å². The van der Waals surface area contributed by atoms with Crippen LogP contribution in [-0.2, 0) is 0 Å². The minimum atomic E-state index is -0.454. The van der Waals surface area contributed by atoms with Crippen LogP contribution < -0.4 is 10.1 Å². The van der Waals surface area contributed by atoms with Gasteiger partial charge in [0, 0.05) is 30.5 Å². The molecule has 2 N–H and O–H groups in total. The molecule has 1 unspecified atom stereocenters. The van der Waals surface area contributed by atoms with Gasteiger partial charge in [-0.3, -0.25) is 10.1 Å². The number of aliphatic hydroxyl groups excluding tert-OH is 1. The first-order valence-electron chi connectivity index (χ1n) is 6.18. The average Bonchev–Trinajstić information content (AvgIpc) is 2.37. The molecule has 0 bridgehead atoms. The zero-order valence-corrected chi connectivity index (χ0v) is 11.4. The molecule has 0 saturated carbocycles. The number of hydrogen-bond acceptors (Lipinski definition) is 5. The van der Waals surface area contributed by atoms with Gasteiger partial charge in [-0.2, -0.15) is 0 Å². The lowest BCUT2D eigenvalue weighted by molar-refractivity contribution is -0.384. The van der Waals surface area contributed by atoms with Crippen molar-refractivity contribution in [1.29, 1.82) is 0 Å². The quantitative estimate of drug-likeness (QED) is 0.586. The highest BCUT2D eigenvalue weighted by atomic mass is 16.6. The van der Waals surface area contributed by atoms with Gasteiger partial charge in [0.05, 0.1) is 18.1 Å². The molecule has 6 heteroatoms. The third kappa shape index (κ3) is 4.40. The Hall–Kier alpha value is -1.82. The number of hydrogen-bond donors (Lipinski definition) is 2. The number of ether oxygens (including phenoxy) is 1. The summed E-state index contributed by atoms with van der Waals surface area (Å²) in [6.07, 6.45) is 0.586. The summed E-state index contributed by atoms with van der Waals surface area (Å²) in [4.78, 5) is 10.4. The lowest BCUT2D eigenvalue weighted by Crippen LogP contribution is -2.26. The Morgan fingerprint density at radius 1 is 1.42 bits per heavy atom. The zero-order valence-electron chi connectivity index (χ0n) is 11.4. The van der Waals surface area contributed by atoms with Gasteiger partial charge >= 0.3 is 0 Å². The first-order valence-corrected chi connectivity index (χ1v) is 6.18. The largest absolute Gasteiger partial charge is 0.496 e. The van der Waals surface area contributed by atoms with E-state index in [4.69, 9.17) is 9.84 Å². The molecule has 0 heterocycles. The molecule has 0 aliphatic rings. The lowest BCUT2D eigenvalue weighted by atomic mass is 10.0. The monoisotopic (exact) mass is 268 g/mol. The van der Waals surface area contributed by atoms with E-state index in [0.29, 0.717) is 23.8 Å².